The Morgan fingerprint density at radius 3 is 2.50 bits per heavy atom. The summed E-state index contributed by atoms with van der Waals surface area (Å²) >= 11 is 0. The van der Waals surface area contributed by atoms with Crippen LogP contribution in [0.5, 0.6) is 5.75 Å². The second-order valence-corrected chi connectivity index (χ2v) is 5.88. The van der Waals surface area contributed by atoms with Gasteiger partial charge in [-0.3, -0.25) is 4.79 Å². The summed E-state index contributed by atoms with van der Waals surface area (Å²) in [4.78, 5) is 14.1. The molecule has 0 unspecified atom stereocenters. The van der Waals surface area contributed by atoms with E-state index in [2.05, 4.69) is 0 Å². The number of rotatable bonds is 6. The molecule has 0 aliphatic carbocycles. The molecule has 0 fully saturated rings. The van der Waals surface area contributed by atoms with Crippen molar-refractivity contribution in [3.63, 3.8) is 0 Å². The van der Waals surface area contributed by atoms with Crippen molar-refractivity contribution < 1.29 is 18.3 Å². The van der Waals surface area contributed by atoms with Crippen molar-refractivity contribution in [2.45, 2.75) is 20.8 Å². The first-order valence-corrected chi connectivity index (χ1v) is 7.92. The van der Waals surface area contributed by atoms with Gasteiger partial charge >= 0.3 is 0 Å². The van der Waals surface area contributed by atoms with Gasteiger partial charge in [0.1, 0.15) is 5.75 Å². The minimum absolute atomic E-state index is 0.293. The van der Waals surface area contributed by atoms with Gasteiger partial charge in [-0.1, -0.05) is 19.9 Å². The molecule has 0 heterocycles. The molecule has 0 aromatic heterocycles. The Labute approximate surface area is 140 Å². The predicted molar refractivity (Wildman–Crippen MR) is 90.5 cm³/mol. The molecular formula is C19H21F2NO2. The molecule has 0 radical (unpaired) electrons. The quantitative estimate of drug-likeness (QED) is 0.769. The van der Waals surface area contributed by atoms with E-state index in [0.717, 1.165) is 12.1 Å². The van der Waals surface area contributed by atoms with E-state index in [0.29, 0.717) is 36.1 Å². The summed E-state index contributed by atoms with van der Waals surface area (Å²) in [5.74, 6) is -1.23. The lowest BCUT2D eigenvalue weighted by Gasteiger charge is -2.21. The maximum absolute atomic E-state index is 13.4. The number of ether oxygens (including phenoxy) is 1. The number of nitrogens with zero attached hydrogens (tertiary/aromatic N) is 1. The van der Waals surface area contributed by atoms with Crippen molar-refractivity contribution in [3.8, 4) is 5.75 Å². The van der Waals surface area contributed by atoms with Gasteiger partial charge in [-0.2, -0.15) is 0 Å². The van der Waals surface area contributed by atoms with Crippen molar-refractivity contribution in [1.29, 1.82) is 0 Å². The minimum Gasteiger partial charge on any atom is -0.493 e. The topological polar surface area (TPSA) is 29.5 Å². The normalized spacial score (nSPS) is 10.8. The Hall–Kier alpha value is -2.43. The first-order chi connectivity index (χ1) is 11.4. The molecule has 0 bridgehead atoms. The summed E-state index contributed by atoms with van der Waals surface area (Å²) in [6, 6.07) is 10.3. The lowest BCUT2D eigenvalue weighted by Crippen LogP contribution is -2.30. The Kier molecular flexibility index (Phi) is 5.90. The van der Waals surface area contributed by atoms with E-state index in [4.69, 9.17) is 4.74 Å². The number of carbonyl (C=O) groups excluding carboxylic acids is 1. The van der Waals surface area contributed by atoms with Gasteiger partial charge in [0, 0.05) is 23.9 Å². The lowest BCUT2D eigenvalue weighted by molar-refractivity contribution is 0.0987. The third-order valence-electron chi connectivity index (χ3n) is 3.44. The largest absolute Gasteiger partial charge is 0.493 e. The molecule has 0 saturated heterocycles. The minimum atomic E-state index is -0.979. The third-order valence-corrected chi connectivity index (χ3v) is 3.44. The van der Waals surface area contributed by atoms with Crippen LogP contribution >= 0.6 is 0 Å². The molecule has 2 rings (SSSR count). The molecule has 128 valence electrons. The first-order valence-electron chi connectivity index (χ1n) is 7.92. The Morgan fingerprint density at radius 1 is 1.12 bits per heavy atom. The van der Waals surface area contributed by atoms with Gasteiger partial charge in [0.05, 0.1) is 6.61 Å². The van der Waals surface area contributed by atoms with Crippen molar-refractivity contribution in [2.75, 3.05) is 18.1 Å². The monoisotopic (exact) mass is 333 g/mol. The molecule has 2 aromatic carbocycles. The fraction of sp³-hybridized carbons (Fsp3) is 0.316. The third kappa shape index (κ3) is 4.31. The van der Waals surface area contributed by atoms with Crippen LogP contribution in [0.25, 0.3) is 0 Å². The van der Waals surface area contributed by atoms with Gasteiger partial charge in [0.15, 0.2) is 11.6 Å². The van der Waals surface area contributed by atoms with E-state index in [1.54, 1.807) is 31.2 Å². The first kappa shape index (κ1) is 17.9. The van der Waals surface area contributed by atoms with Crippen LogP contribution in [0.4, 0.5) is 14.5 Å². The zero-order chi connectivity index (χ0) is 17.7. The van der Waals surface area contributed by atoms with E-state index < -0.39 is 11.6 Å². The average Bonchev–Trinajstić information content (AvgIpc) is 2.57. The summed E-state index contributed by atoms with van der Waals surface area (Å²) in [5.41, 5.74) is 0.748. The van der Waals surface area contributed by atoms with Gasteiger partial charge in [0.25, 0.3) is 5.91 Å². The Morgan fingerprint density at radius 2 is 1.88 bits per heavy atom. The number of halogens is 2. The fourth-order valence-electron chi connectivity index (χ4n) is 2.23. The van der Waals surface area contributed by atoms with E-state index in [-0.39, 0.29) is 5.91 Å². The number of hydrogen-bond donors (Lipinski definition) is 0. The molecule has 0 atom stereocenters. The zero-order valence-corrected chi connectivity index (χ0v) is 14.1. The summed E-state index contributed by atoms with van der Waals surface area (Å²) < 4.78 is 32.2. The molecule has 3 nitrogen and oxygen atoms in total. The zero-order valence-electron chi connectivity index (χ0n) is 14.1. The highest BCUT2D eigenvalue weighted by Crippen LogP contribution is 2.22. The molecule has 0 N–H and O–H groups in total. The molecule has 5 heteroatoms. The maximum Gasteiger partial charge on any atom is 0.258 e. The predicted octanol–water partition coefficient (Wildman–Crippen LogP) is 4.67. The van der Waals surface area contributed by atoms with Crippen molar-refractivity contribution >= 4 is 11.6 Å². The number of hydrogen-bond acceptors (Lipinski definition) is 2. The van der Waals surface area contributed by atoms with E-state index in [1.807, 2.05) is 13.8 Å². The molecule has 0 spiro atoms. The summed E-state index contributed by atoms with van der Waals surface area (Å²) in [5, 5.41) is 0. The summed E-state index contributed by atoms with van der Waals surface area (Å²) in [6.07, 6.45) is 0. The molecular weight excluding hydrogens is 312 g/mol. The number of anilines is 1. The Balaban J connectivity index is 2.24. The smallest absolute Gasteiger partial charge is 0.258 e. The van der Waals surface area contributed by atoms with Gasteiger partial charge in [-0.15, -0.1) is 0 Å². The van der Waals surface area contributed by atoms with Crippen LogP contribution in [0.1, 0.15) is 31.1 Å². The molecule has 1 amide bonds. The second-order valence-electron chi connectivity index (χ2n) is 5.88. The maximum atomic E-state index is 13.4. The fourth-order valence-corrected chi connectivity index (χ4v) is 2.23. The van der Waals surface area contributed by atoms with E-state index in [1.165, 1.54) is 11.0 Å². The number of amides is 1. The van der Waals surface area contributed by atoms with Crippen molar-refractivity contribution in [2.24, 2.45) is 5.92 Å². The highest BCUT2D eigenvalue weighted by atomic mass is 19.2. The van der Waals surface area contributed by atoms with Crippen molar-refractivity contribution in [1.82, 2.24) is 0 Å². The van der Waals surface area contributed by atoms with Crippen LogP contribution in [0, 0.1) is 17.6 Å². The molecule has 0 aliphatic heterocycles. The summed E-state index contributed by atoms with van der Waals surface area (Å²) in [7, 11) is 0. The van der Waals surface area contributed by atoms with Crippen LogP contribution in [-0.2, 0) is 0 Å². The average molecular weight is 333 g/mol. The van der Waals surface area contributed by atoms with Crippen LogP contribution in [0.15, 0.2) is 42.5 Å². The van der Waals surface area contributed by atoms with E-state index in [9.17, 15) is 13.6 Å². The SMILES string of the molecule is CCN(C(=O)c1cccc(OCC(C)C)c1)c1ccc(F)c(F)c1. The Bertz CT molecular complexity index is 716. The highest BCUT2D eigenvalue weighted by Gasteiger charge is 2.18. The lowest BCUT2D eigenvalue weighted by atomic mass is 10.1. The van der Waals surface area contributed by atoms with Gasteiger partial charge < -0.3 is 9.64 Å². The standard InChI is InChI=1S/C19H21F2NO2/c1-4-22(15-8-9-17(20)18(21)11-15)19(23)14-6-5-7-16(10-14)24-12-13(2)3/h5-11,13H,4,12H2,1-3H3. The van der Waals surface area contributed by atoms with Gasteiger partial charge in [-0.25, -0.2) is 8.78 Å². The summed E-state index contributed by atoms with van der Waals surface area (Å²) in [6.45, 7) is 6.74. The molecule has 24 heavy (non-hydrogen) atoms. The number of carbonyl (C=O) groups is 1. The van der Waals surface area contributed by atoms with E-state index >= 15 is 0 Å². The van der Waals surface area contributed by atoms with Gasteiger partial charge in [0.2, 0.25) is 0 Å². The van der Waals surface area contributed by atoms with Crippen LogP contribution in [-0.4, -0.2) is 19.1 Å². The van der Waals surface area contributed by atoms with Crippen LogP contribution in [0.2, 0.25) is 0 Å². The van der Waals surface area contributed by atoms with Crippen LogP contribution < -0.4 is 9.64 Å². The van der Waals surface area contributed by atoms with Gasteiger partial charge in [-0.05, 0) is 43.2 Å². The highest BCUT2D eigenvalue weighted by molar-refractivity contribution is 6.06. The molecule has 2 aromatic rings. The van der Waals surface area contributed by atoms with Crippen molar-refractivity contribution in [3.05, 3.63) is 59.7 Å². The molecule has 0 saturated carbocycles. The van der Waals surface area contributed by atoms with Crippen LogP contribution in [0.3, 0.4) is 0 Å². The second kappa shape index (κ2) is 7.90. The number of benzene rings is 2. The molecule has 0 aliphatic rings.